The molecule has 0 radical (unpaired) electrons. The number of hydrogen-bond donors (Lipinski definition) is 1. The number of piperidine rings is 1. The molecule has 3 aromatic rings. The predicted octanol–water partition coefficient (Wildman–Crippen LogP) is 3.71. The molecule has 0 spiro atoms. The summed E-state index contributed by atoms with van der Waals surface area (Å²) in [5, 5.41) is 6.96. The number of anilines is 1. The smallest absolute Gasteiger partial charge is 0.125 e. The van der Waals surface area contributed by atoms with E-state index in [2.05, 4.69) is 49.4 Å². The molecule has 140 valence electrons. The second-order valence-electron chi connectivity index (χ2n) is 6.93. The molecule has 0 amide bonds. The Balaban J connectivity index is 1.32. The Kier molecular flexibility index (Phi) is 5.75. The Hall–Kier alpha value is -2.31. The minimum atomic E-state index is 0.605. The first-order chi connectivity index (χ1) is 13.3. The van der Waals surface area contributed by atoms with Crippen molar-refractivity contribution in [2.45, 2.75) is 32.2 Å². The second-order valence-corrected chi connectivity index (χ2v) is 7.91. The molecular formula is C21H25N5S. The molecule has 0 atom stereocenters. The molecule has 0 bridgehead atoms. The normalized spacial score (nSPS) is 15.2. The first kappa shape index (κ1) is 18.1. The first-order valence-corrected chi connectivity index (χ1v) is 10.4. The molecular weight excluding hydrogens is 354 g/mol. The zero-order chi connectivity index (χ0) is 18.5. The van der Waals surface area contributed by atoms with Gasteiger partial charge in [0.1, 0.15) is 5.82 Å². The SMILES string of the molecule is Cc1nccc(-c2cccc(N3CCC(NCCc4nccs4)CC3)c2)n1. The summed E-state index contributed by atoms with van der Waals surface area (Å²) < 4.78 is 0. The average molecular weight is 380 g/mol. The third-order valence-corrected chi connectivity index (χ3v) is 5.87. The fraction of sp³-hybridized carbons (Fsp3) is 0.381. The van der Waals surface area contributed by atoms with Crippen molar-refractivity contribution in [2.75, 3.05) is 24.5 Å². The van der Waals surface area contributed by atoms with Crippen LogP contribution < -0.4 is 10.2 Å². The van der Waals surface area contributed by atoms with Crippen molar-refractivity contribution in [1.29, 1.82) is 0 Å². The number of aromatic nitrogens is 3. The minimum Gasteiger partial charge on any atom is -0.371 e. The molecule has 27 heavy (non-hydrogen) atoms. The van der Waals surface area contributed by atoms with Gasteiger partial charge in [0.15, 0.2) is 0 Å². The van der Waals surface area contributed by atoms with Gasteiger partial charge in [0.05, 0.1) is 10.7 Å². The largest absolute Gasteiger partial charge is 0.371 e. The molecule has 2 aromatic heterocycles. The van der Waals surface area contributed by atoms with Crippen LogP contribution in [0.2, 0.25) is 0 Å². The maximum atomic E-state index is 4.55. The predicted molar refractivity (Wildman–Crippen MR) is 111 cm³/mol. The van der Waals surface area contributed by atoms with Crippen LogP contribution in [0.4, 0.5) is 5.69 Å². The summed E-state index contributed by atoms with van der Waals surface area (Å²) in [6.07, 6.45) is 7.09. The van der Waals surface area contributed by atoms with E-state index >= 15 is 0 Å². The van der Waals surface area contributed by atoms with Gasteiger partial charge in [0, 0.05) is 61.1 Å². The number of aryl methyl sites for hydroxylation is 1. The Morgan fingerprint density at radius 3 is 2.81 bits per heavy atom. The second kappa shape index (κ2) is 8.59. The zero-order valence-electron chi connectivity index (χ0n) is 15.6. The van der Waals surface area contributed by atoms with Gasteiger partial charge in [-0.2, -0.15) is 0 Å². The highest BCUT2D eigenvalue weighted by atomic mass is 32.1. The Morgan fingerprint density at radius 2 is 2.04 bits per heavy atom. The molecule has 1 saturated heterocycles. The van der Waals surface area contributed by atoms with Gasteiger partial charge in [-0.15, -0.1) is 11.3 Å². The van der Waals surface area contributed by atoms with Crippen molar-refractivity contribution in [3.8, 4) is 11.3 Å². The average Bonchev–Trinajstić information content (AvgIpc) is 3.22. The van der Waals surface area contributed by atoms with E-state index in [-0.39, 0.29) is 0 Å². The van der Waals surface area contributed by atoms with Crippen molar-refractivity contribution in [2.24, 2.45) is 0 Å². The van der Waals surface area contributed by atoms with Gasteiger partial charge in [-0.05, 0) is 38.0 Å². The Morgan fingerprint density at radius 1 is 1.15 bits per heavy atom. The van der Waals surface area contributed by atoms with Gasteiger partial charge >= 0.3 is 0 Å². The van der Waals surface area contributed by atoms with Crippen LogP contribution in [0.3, 0.4) is 0 Å². The molecule has 1 fully saturated rings. The fourth-order valence-corrected chi connectivity index (χ4v) is 4.20. The third-order valence-electron chi connectivity index (χ3n) is 5.03. The molecule has 0 aliphatic carbocycles. The molecule has 1 N–H and O–H groups in total. The van der Waals surface area contributed by atoms with Crippen LogP contribution in [0, 0.1) is 6.92 Å². The van der Waals surface area contributed by atoms with Crippen molar-refractivity contribution in [3.63, 3.8) is 0 Å². The van der Waals surface area contributed by atoms with E-state index in [0.29, 0.717) is 6.04 Å². The highest BCUT2D eigenvalue weighted by Crippen LogP contribution is 2.25. The lowest BCUT2D eigenvalue weighted by Crippen LogP contribution is -2.43. The zero-order valence-corrected chi connectivity index (χ0v) is 16.5. The third kappa shape index (κ3) is 4.70. The molecule has 1 aliphatic rings. The van der Waals surface area contributed by atoms with E-state index in [9.17, 15) is 0 Å². The van der Waals surface area contributed by atoms with Crippen molar-refractivity contribution in [1.82, 2.24) is 20.3 Å². The topological polar surface area (TPSA) is 53.9 Å². The van der Waals surface area contributed by atoms with Crippen LogP contribution in [0.1, 0.15) is 23.7 Å². The summed E-state index contributed by atoms with van der Waals surface area (Å²) in [7, 11) is 0. The summed E-state index contributed by atoms with van der Waals surface area (Å²) in [6.45, 7) is 5.11. The van der Waals surface area contributed by atoms with Gasteiger partial charge < -0.3 is 10.2 Å². The Labute approximate surface area is 164 Å². The first-order valence-electron chi connectivity index (χ1n) is 9.55. The molecule has 4 rings (SSSR count). The number of benzene rings is 1. The van der Waals surface area contributed by atoms with E-state index in [0.717, 1.165) is 43.1 Å². The maximum absolute atomic E-state index is 4.55. The number of thiazole rings is 1. The van der Waals surface area contributed by atoms with Crippen molar-refractivity contribution in [3.05, 3.63) is 58.9 Å². The van der Waals surface area contributed by atoms with E-state index in [4.69, 9.17) is 0 Å². The Bertz CT molecular complexity index is 857. The van der Waals surface area contributed by atoms with E-state index in [1.54, 1.807) is 11.3 Å². The highest BCUT2D eigenvalue weighted by molar-refractivity contribution is 7.09. The monoisotopic (exact) mass is 379 g/mol. The van der Waals surface area contributed by atoms with Crippen LogP contribution in [-0.2, 0) is 6.42 Å². The van der Waals surface area contributed by atoms with Gasteiger partial charge in [0.2, 0.25) is 0 Å². The van der Waals surface area contributed by atoms with Crippen molar-refractivity contribution >= 4 is 17.0 Å². The fourth-order valence-electron chi connectivity index (χ4n) is 3.58. The molecule has 6 heteroatoms. The summed E-state index contributed by atoms with van der Waals surface area (Å²) in [5.41, 5.74) is 3.43. The lowest BCUT2D eigenvalue weighted by molar-refractivity contribution is 0.417. The molecule has 0 saturated carbocycles. The van der Waals surface area contributed by atoms with Gasteiger partial charge in [0.25, 0.3) is 0 Å². The summed E-state index contributed by atoms with van der Waals surface area (Å²) in [6, 6.07) is 11.3. The number of rotatable bonds is 6. The summed E-state index contributed by atoms with van der Waals surface area (Å²) in [4.78, 5) is 15.6. The number of hydrogen-bond acceptors (Lipinski definition) is 6. The van der Waals surface area contributed by atoms with Crippen LogP contribution in [0.5, 0.6) is 0 Å². The van der Waals surface area contributed by atoms with Crippen LogP contribution in [0.25, 0.3) is 11.3 Å². The highest BCUT2D eigenvalue weighted by Gasteiger charge is 2.19. The van der Waals surface area contributed by atoms with E-state index < -0.39 is 0 Å². The van der Waals surface area contributed by atoms with Crippen LogP contribution in [0.15, 0.2) is 48.1 Å². The minimum absolute atomic E-state index is 0.605. The van der Waals surface area contributed by atoms with E-state index in [1.807, 2.05) is 30.8 Å². The van der Waals surface area contributed by atoms with Crippen LogP contribution >= 0.6 is 11.3 Å². The summed E-state index contributed by atoms with van der Waals surface area (Å²) in [5.74, 6) is 0.808. The molecule has 0 unspecified atom stereocenters. The standard InChI is InChI=1S/C21H25N5S/c1-16-22-9-5-20(25-16)17-3-2-4-19(15-17)26-12-7-18(8-13-26)23-10-6-21-24-11-14-27-21/h2-5,9,11,14-15,18,23H,6-8,10,12-13H2,1H3. The quantitative estimate of drug-likeness (QED) is 0.708. The number of nitrogens with one attached hydrogen (secondary N) is 1. The van der Waals surface area contributed by atoms with Crippen molar-refractivity contribution < 1.29 is 0 Å². The summed E-state index contributed by atoms with van der Waals surface area (Å²) >= 11 is 1.74. The van der Waals surface area contributed by atoms with E-state index in [1.165, 1.54) is 23.5 Å². The maximum Gasteiger partial charge on any atom is 0.125 e. The van der Waals surface area contributed by atoms with Gasteiger partial charge in [-0.25, -0.2) is 15.0 Å². The molecule has 3 heterocycles. The van der Waals surface area contributed by atoms with Crippen LogP contribution in [-0.4, -0.2) is 40.6 Å². The molecule has 1 aliphatic heterocycles. The van der Waals surface area contributed by atoms with Gasteiger partial charge in [-0.1, -0.05) is 12.1 Å². The molecule has 1 aromatic carbocycles. The number of nitrogens with zero attached hydrogens (tertiary/aromatic N) is 4. The molecule has 5 nitrogen and oxygen atoms in total. The van der Waals surface area contributed by atoms with Gasteiger partial charge in [-0.3, -0.25) is 0 Å². The lowest BCUT2D eigenvalue weighted by Gasteiger charge is -2.34. The lowest BCUT2D eigenvalue weighted by atomic mass is 10.0.